The van der Waals surface area contributed by atoms with Gasteiger partial charge in [-0.15, -0.1) is 0 Å². The maximum Gasteiger partial charge on any atom is 0.248 e. The van der Waals surface area contributed by atoms with Gasteiger partial charge in [0.25, 0.3) is 0 Å². The topological polar surface area (TPSA) is 69.9 Å². The number of benzene rings is 2. The molecule has 0 spiro atoms. The van der Waals surface area contributed by atoms with E-state index in [2.05, 4.69) is 5.32 Å². The van der Waals surface area contributed by atoms with E-state index < -0.39 is 0 Å². The van der Waals surface area contributed by atoms with E-state index in [-0.39, 0.29) is 12.7 Å². The molecule has 136 valence electrons. The van der Waals surface area contributed by atoms with Crippen LogP contribution in [-0.2, 0) is 11.4 Å². The molecule has 0 radical (unpaired) electrons. The molecule has 27 heavy (non-hydrogen) atoms. The van der Waals surface area contributed by atoms with Gasteiger partial charge in [0.2, 0.25) is 12.7 Å². The van der Waals surface area contributed by atoms with Crippen LogP contribution in [0.2, 0.25) is 0 Å². The normalized spacial score (nSPS) is 12.3. The van der Waals surface area contributed by atoms with Crippen LogP contribution in [0.3, 0.4) is 0 Å². The minimum Gasteiger partial charge on any atom is -0.489 e. The maximum atomic E-state index is 12.0. The quantitative estimate of drug-likeness (QED) is 0.664. The highest BCUT2D eigenvalue weighted by atomic mass is 16.7. The Bertz CT molecular complexity index is 962. The van der Waals surface area contributed by atoms with E-state index in [9.17, 15) is 4.79 Å². The van der Waals surface area contributed by atoms with Crippen LogP contribution in [0.25, 0.3) is 6.08 Å². The van der Waals surface area contributed by atoms with Gasteiger partial charge < -0.3 is 23.9 Å². The van der Waals surface area contributed by atoms with Crippen LogP contribution in [0.1, 0.15) is 11.3 Å². The van der Waals surface area contributed by atoms with E-state index in [4.69, 9.17) is 18.6 Å². The second kappa shape index (κ2) is 7.70. The fourth-order valence-electron chi connectivity index (χ4n) is 2.60. The van der Waals surface area contributed by atoms with Crippen LogP contribution in [0.15, 0.2) is 71.4 Å². The smallest absolute Gasteiger partial charge is 0.248 e. The van der Waals surface area contributed by atoms with Crippen molar-refractivity contribution in [2.45, 2.75) is 6.61 Å². The van der Waals surface area contributed by atoms with Gasteiger partial charge in [-0.1, -0.05) is 12.1 Å². The lowest BCUT2D eigenvalue weighted by molar-refractivity contribution is -0.111. The van der Waals surface area contributed by atoms with Crippen LogP contribution in [0, 0.1) is 0 Å². The van der Waals surface area contributed by atoms with Crippen molar-refractivity contribution in [1.82, 2.24) is 0 Å². The van der Waals surface area contributed by atoms with Crippen molar-refractivity contribution in [2.75, 3.05) is 12.1 Å². The highest BCUT2D eigenvalue weighted by Crippen LogP contribution is 2.35. The average molecular weight is 363 g/mol. The fourth-order valence-corrected chi connectivity index (χ4v) is 2.60. The van der Waals surface area contributed by atoms with E-state index in [0.717, 1.165) is 11.3 Å². The average Bonchev–Trinajstić information content (AvgIpc) is 3.36. The third-order valence-electron chi connectivity index (χ3n) is 3.89. The largest absolute Gasteiger partial charge is 0.489 e. The third-order valence-corrected chi connectivity index (χ3v) is 3.89. The van der Waals surface area contributed by atoms with Crippen molar-refractivity contribution in [3.05, 3.63) is 78.3 Å². The highest BCUT2D eigenvalue weighted by molar-refractivity contribution is 6.01. The minimum absolute atomic E-state index is 0.231. The molecule has 1 N–H and O–H groups in total. The van der Waals surface area contributed by atoms with Gasteiger partial charge in [0.15, 0.2) is 11.5 Å². The number of hydrogen-bond donors (Lipinski definition) is 1. The van der Waals surface area contributed by atoms with Crippen molar-refractivity contribution in [2.24, 2.45) is 0 Å². The summed E-state index contributed by atoms with van der Waals surface area (Å²) >= 11 is 0. The number of nitrogens with one attached hydrogen (secondary N) is 1. The number of fused-ring (bicyclic) bond motifs is 1. The standard InChI is InChI=1S/C21H17NO5/c23-21(9-7-17-5-2-10-24-17)22-16-4-1-3-15(11-16)13-25-18-6-8-19-20(12-18)27-14-26-19/h1-12H,13-14H2,(H,22,23)/b9-7+. The first-order chi connectivity index (χ1) is 13.3. The molecule has 0 saturated heterocycles. The number of ether oxygens (including phenoxy) is 3. The monoisotopic (exact) mass is 363 g/mol. The van der Waals surface area contributed by atoms with Gasteiger partial charge in [-0.2, -0.15) is 0 Å². The molecule has 0 bridgehead atoms. The van der Waals surface area contributed by atoms with Crippen LogP contribution in [-0.4, -0.2) is 12.7 Å². The second-order valence-electron chi connectivity index (χ2n) is 5.84. The Morgan fingerprint density at radius 2 is 2.00 bits per heavy atom. The predicted molar refractivity (Wildman–Crippen MR) is 99.7 cm³/mol. The molecule has 4 rings (SSSR count). The van der Waals surface area contributed by atoms with Crippen molar-refractivity contribution < 1.29 is 23.4 Å². The molecule has 2 aromatic carbocycles. The summed E-state index contributed by atoms with van der Waals surface area (Å²) in [6.45, 7) is 0.598. The fraction of sp³-hybridized carbons (Fsp3) is 0.0952. The third kappa shape index (κ3) is 4.30. The molecule has 0 fully saturated rings. The number of carbonyl (C=O) groups excluding carboxylic acids is 1. The summed E-state index contributed by atoms with van der Waals surface area (Å²) in [6.07, 6.45) is 4.59. The summed E-state index contributed by atoms with van der Waals surface area (Å²) in [5, 5.41) is 2.82. The molecule has 1 aromatic heterocycles. The number of rotatable bonds is 6. The summed E-state index contributed by atoms with van der Waals surface area (Å²) in [4.78, 5) is 12.0. The molecule has 1 aliphatic heterocycles. The van der Waals surface area contributed by atoms with Crippen LogP contribution in [0.4, 0.5) is 5.69 Å². The first-order valence-corrected chi connectivity index (χ1v) is 8.40. The molecule has 0 atom stereocenters. The van der Waals surface area contributed by atoms with E-state index >= 15 is 0 Å². The Hall–Kier alpha value is -3.67. The lowest BCUT2D eigenvalue weighted by Crippen LogP contribution is -2.08. The van der Waals surface area contributed by atoms with Crippen molar-refractivity contribution in [3.63, 3.8) is 0 Å². The van der Waals surface area contributed by atoms with Gasteiger partial charge in [-0.05, 0) is 48.0 Å². The molecule has 6 heteroatoms. The number of carbonyl (C=O) groups is 1. The number of anilines is 1. The molecule has 0 aliphatic carbocycles. The SMILES string of the molecule is O=C(/C=C/c1ccco1)Nc1cccc(COc2ccc3c(c2)OCO3)c1. The number of hydrogen-bond acceptors (Lipinski definition) is 5. The van der Waals surface area contributed by atoms with Crippen molar-refractivity contribution >= 4 is 17.7 Å². The van der Waals surface area contributed by atoms with E-state index in [1.165, 1.54) is 6.08 Å². The van der Waals surface area contributed by atoms with Crippen molar-refractivity contribution in [3.8, 4) is 17.2 Å². The Balaban J connectivity index is 1.35. The van der Waals surface area contributed by atoms with E-state index in [0.29, 0.717) is 29.6 Å². The first kappa shape index (κ1) is 16.8. The second-order valence-corrected chi connectivity index (χ2v) is 5.84. The molecular weight excluding hydrogens is 346 g/mol. The predicted octanol–water partition coefficient (Wildman–Crippen LogP) is 4.24. The van der Waals surface area contributed by atoms with Gasteiger partial charge in [0, 0.05) is 17.8 Å². The summed E-state index contributed by atoms with van der Waals surface area (Å²) in [5.41, 5.74) is 1.62. The van der Waals surface area contributed by atoms with Gasteiger partial charge in [0.1, 0.15) is 18.1 Å². The van der Waals surface area contributed by atoms with Crippen LogP contribution in [0.5, 0.6) is 17.2 Å². The lowest BCUT2D eigenvalue weighted by atomic mass is 10.2. The molecular formula is C21H17NO5. The van der Waals surface area contributed by atoms with Crippen molar-refractivity contribution in [1.29, 1.82) is 0 Å². The summed E-state index contributed by atoms with van der Waals surface area (Å²) in [7, 11) is 0. The summed E-state index contributed by atoms with van der Waals surface area (Å²) in [6, 6.07) is 16.5. The number of furan rings is 1. The van der Waals surface area contributed by atoms with E-state index in [1.54, 1.807) is 30.5 Å². The van der Waals surface area contributed by atoms with Gasteiger partial charge in [-0.25, -0.2) is 0 Å². The van der Waals surface area contributed by atoms with Crippen LogP contribution < -0.4 is 19.5 Å². The molecule has 3 aromatic rings. The minimum atomic E-state index is -0.236. The lowest BCUT2D eigenvalue weighted by Gasteiger charge is -2.09. The zero-order chi connectivity index (χ0) is 18.5. The maximum absolute atomic E-state index is 12.0. The molecule has 6 nitrogen and oxygen atoms in total. The summed E-state index contributed by atoms with van der Waals surface area (Å²) < 4.78 is 21.6. The number of amides is 1. The zero-order valence-corrected chi connectivity index (χ0v) is 14.4. The summed E-state index contributed by atoms with van der Waals surface area (Å²) in [5.74, 6) is 2.47. The molecule has 0 unspecified atom stereocenters. The highest BCUT2D eigenvalue weighted by Gasteiger charge is 2.13. The van der Waals surface area contributed by atoms with Gasteiger partial charge in [0.05, 0.1) is 6.26 Å². The van der Waals surface area contributed by atoms with Crippen LogP contribution >= 0.6 is 0 Å². The Morgan fingerprint density at radius 3 is 2.89 bits per heavy atom. The Labute approximate surface area is 156 Å². The first-order valence-electron chi connectivity index (χ1n) is 8.40. The van der Waals surface area contributed by atoms with E-state index in [1.807, 2.05) is 36.4 Å². The van der Waals surface area contributed by atoms with Gasteiger partial charge >= 0.3 is 0 Å². The van der Waals surface area contributed by atoms with Gasteiger partial charge in [-0.3, -0.25) is 4.79 Å². The zero-order valence-electron chi connectivity index (χ0n) is 14.4. The molecule has 1 amide bonds. The molecule has 2 heterocycles. The Morgan fingerprint density at radius 1 is 1.07 bits per heavy atom. The molecule has 0 saturated carbocycles. The Kier molecular flexibility index (Phi) is 4.78. The molecule has 1 aliphatic rings.